The quantitative estimate of drug-likeness (QED) is 0.590. The molecule has 5 rings (SSSR count). The van der Waals surface area contributed by atoms with Crippen LogP contribution in [0.15, 0.2) is 53.3 Å². The lowest BCUT2D eigenvalue weighted by Crippen LogP contribution is -2.38. The third kappa shape index (κ3) is 4.76. The van der Waals surface area contributed by atoms with Crippen molar-refractivity contribution >= 4 is 11.9 Å². The predicted octanol–water partition coefficient (Wildman–Crippen LogP) is 3.35. The van der Waals surface area contributed by atoms with Gasteiger partial charge >= 0.3 is 11.7 Å². The van der Waals surface area contributed by atoms with Crippen molar-refractivity contribution in [3.63, 3.8) is 0 Å². The van der Waals surface area contributed by atoms with Gasteiger partial charge in [-0.3, -0.25) is 9.36 Å². The third-order valence-electron chi connectivity index (χ3n) is 6.67. The summed E-state index contributed by atoms with van der Waals surface area (Å²) in [6, 6.07) is 13.1. The summed E-state index contributed by atoms with van der Waals surface area (Å²) >= 11 is 0. The average molecular weight is 478 g/mol. The Bertz CT molecular complexity index is 1290. The van der Waals surface area contributed by atoms with Gasteiger partial charge < -0.3 is 10.2 Å². The number of nitrogens with zero attached hydrogens (tertiary/aromatic N) is 4. The van der Waals surface area contributed by atoms with Crippen LogP contribution in [0, 0.1) is 17.7 Å². The predicted molar refractivity (Wildman–Crippen MR) is 129 cm³/mol. The molecule has 0 radical (unpaired) electrons. The molecule has 182 valence electrons. The fraction of sp³-hybridized carbons (Fsp3) is 0.385. The van der Waals surface area contributed by atoms with E-state index in [2.05, 4.69) is 10.4 Å². The van der Waals surface area contributed by atoms with Crippen molar-refractivity contribution in [3.8, 4) is 22.5 Å². The zero-order chi connectivity index (χ0) is 24.5. The Balaban J connectivity index is 1.43. The molecule has 2 amide bonds. The summed E-state index contributed by atoms with van der Waals surface area (Å²) in [5, 5.41) is 7.00. The normalized spacial score (nSPS) is 17.5. The van der Waals surface area contributed by atoms with Gasteiger partial charge in [0.15, 0.2) is 5.82 Å². The van der Waals surface area contributed by atoms with Gasteiger partial charge in [-0.1, -0.05) is 36.4 Å². The van der Waals surface area contributed by atoms with E-state index in [1.165, 1.54) is 16.7 Å². The number of rotatable bonds is 6. The maximum Gasteiger partial charge on any atom is 0.355 e. The molecule has 1 aromatic heterocycles. The van der Waals surface area contributed by atoms with Gasteiger partial charge in [0.05, 0.1) is 0 Å². The zero-order valence-electron chi connectivity index (χ0n) is 19.6. The van der Waals surface area contributed by atoms with Crippen molar-refractivity contribution in [2.45, 2.75) is 32.7 Å². The van der Waals surface area contributed by atoms with Crippen LogP contribution >= 0.6 is 0 Å². The first-order valence-corrected chi connectivity index (χ1v) is 12.1. The summed E-state index contributed by atoms with van der Waals surface area (Å²) in [5.41, 5.74) is 1.96. The highest BCUT2D eigenvalue weighted by molar-refractivity contribution is 5.81. The summed E-state index contributed by atoms with van der Waals surface area (Å²) in [7, 11) is 0. The first-order valence-electron chi connectivity index (χ1n) is 12.1. The topological polar surface area (TPSA) is 89.2 Å². The number of hydrogen-bond acceptors (Lipinski definition) is 4. The molecule has 2 fully saturated rings. The minimum absolute atomic E-state index is 0.111. The van der Waals surface area contributed by atoms with E-state index in [1.807, 2.05) is 29.2 Å². The first-order chi connectivity index (χ1) is 16.9. The van der Waals surface area contributed by atoms with E-state index in [0.717, 1.165) is 35.1 Å². The smallest absolute Gasteiger partial charge is 0.342 e. The van der Waals surface area contributed by atoms with Crippen LogP contribution in [0.1, 0.15) is 26.2 Å². The number of amides is 2. The maximum atomic E-state index is 13.3. The highest BCUT2D eigenvalue weighted by Crippen LogP contribution is 2.33. The van der Waals surface area contributed by atoms with E-state index >= 15 is 0 Å². The summed E-state index contributed by atoms with van der Waals surface area (Å²) in [6.07, 6.45) is 2.74. The lowest BCUT2D eigenvalue weighted by molar-refractivity contribution is -0.131. The molecule has 1 aliphatic heterocycles. The lowest BCUT2D eigenvalue weighted by Gasteiger charge is -2.16. The van der Waals surface area contributed by atoms with Crippen molar-refractivity contribution in [3.05, 3.63) is 64.8 Å². The van der Waals surface area contributed by atoms with Crippen molar-refractivity contribution in [1.29, 1.82) is 0 Å². The number of carbonyl (C=O) groups excluding carboxylic acids is 2. The van der Waals surface area contributed by atoms with Gasteiger partial charge in [0.2, 0.25) is 5.91 Å². The summed E-state index contributed by atoms with van der Waals surface area (Å²) < 4.78 is 15.7. The standard InChI is InChI=1S/C26H28FN5O3/c1-2-28-25(34)32-26(35)31(16-17-13-14-30(15-17)24(33)21-7-8-21)23(29-32)20-5-3-18(4-6-20)19-9-11-22(27)12-10-19/h3-6,9-12,17,21H,2,7-8,13-16H2,1H3,(H,28,34). The number of halogens is 1. The molecule has 1 aliphatic carbocycles. The maximum absolute atomic E-state index is 13.3. The number of benzene rings is 2. The van der Waals surface area contributed by atoms with E-state index in [0.29, 0.717) is 37.6 Å². The molecular formula is C26H28FN5O3. The van der Waals surface area contributed by atoms with Gasteiger partial charge in [-0.05, 0) is 55.4 Å². The number of carbonyl (C=O) groups is 2. The van der Waals surface area contributed by atoms with E-state index in [4.69, 9.17) is 0 Å². The molecule has 1 N–H and O–H groups in total. The Kier molecular flexibility index (Phi) is 6.23. The molecule has 3 aromatic rings. The van der Waals surface area contributed by atoms with E-state index in [1.54, 1.807) is 19.1 Å². The van der Waals surface area contributed by atoms with Crippen molar-refractivity contribution in [2.24, 2.45) is 11.8 Å². The van der Waals surface area contributed by atoms with E-state index in [9.17, 15) is 18.8 Å². The van der Waals surface area contributed by atoms with Crippen LogP contribution in [-0.2, 0) is 11.3 Å². The molecule has 0 spiro atoms. The molecule has 9 heteroatoms. The van der Waals surface area contributed by atoms with Gasteiger partial charge in [0.25, 0.3) is 0 Å². The van der Waals surface area contributed by atoms with Crippen LogP contribution in [0.2, 0.25) is 0 Å². The van der Waals surface area contributed by atoms with Crippen LogP contribution in [0.3, 0.4) is 0 Å². The fourth-order valence-electron chi connectivity index (χ4n) is 4.62. The fourth-order valence-corrected chi connectivity index (χ4v) is 4.62. The number of hydrogen-bond donors (Lipinski definition) is 1. The Morgan fingerprint density at radius 2 is 1.63 bits per heavy atom. The third-order valence-corrected chi connectivity index (χ3v) is 6.67. The van der Waals surface area contributed by atoms with Crippen molar-refractivity contribution in [2.75, 3.05) is 19.6 Å². The average Bonchev–Trinajstić information content (AvgIpc) is 3.53. The van der Waals surface area contributed by atoms with Gasteiger partial charge in [-0.15, -0.1) is 9.78 Å². The largest absolute Gasteiger partial charge is 0.355 e. The first kappa shape index (κ1) is 23.0. The second-order valence-corrected chi connectivity index (χ2v) is 9.26. The Morgan fingerprint density at radius 3 is 2.26 bits per heavy atom. The Hall–Kier alpha value is -3.75. The highest BCUT2D eigenvalue weighted by Gasteiger charge is 2.37. The van der Waals surface area contributed by atoms with Crippen molar-refractivity contribution < 1.29 is 14.0 Å². The Labute approximate surface area is 202 Å². The summed E-state index contributed by atoms with van der Waals surface area (Å²) in [4.78, 5) is 40.1. The van der Waals surface area contributed by atoms with Crippen molar-refractivity contribution in [1.82, 2.24) is 24.6 Å². The molecule has 2 heterocycles. The summed E-state index contributed by atoms with van der Waals surface area (Å²) in [5.74, 6) is 0.606. The van der Waals surface area contributed by atoms with Crippen LogP contribution in [0.4, 0.5) is 9.18 Å². The minimum Gasteiger partial charge on any atom is -0.342 e. The highest BCUT2D eigenvalue weighted by atomic mass is 19.1. The number of likely N-dealkylation sites (tertiary alicyclic amines) is 1. The van der Waals surface area contributed by atoms with Gasteiger partial charge in [-0.25, -0.2) is 14.0 Å². The van der Waals surface area contributed by atoms with Crippen LogP contribution in [0.25, 0.3) is 22.5 Å². The second-order valence-electron chi connectivity index (χ2n) is 9.26. The monoisotopic (exact) mass is 477 g/mol. The molecule has 1 atom stereocenters. The molecule has 2 aromatic carbocycles. The number of nitrogens with one attached hydrogen (secondary N) is 1. The molecular weight excluding hydrogens is 449 g/mol. The van der Waals surface area contributed by atoms with Crippen LogP contribution in [0.5, 0.6) is 0 Å². The second kappa shape index (κ2) is 9.48. The van der Waals surface area contributed by atoms with Gasteiger partial charge in [0, 0.05) is 37.7 Å². The molecule has 2 aliphatic rings. The molecule has 1 unspecified atom stereocenters. The Morgan fingerprint density at radius 1 is 1.00 bits per heavy atom. The van der Waals surface area contributed by atoms with Crippen LogP contribution < -0.4 is 11.0 Å². The zero-order valence-corrected chi connectivity index (χ0v) is 19.6. The molecule has 0 bridgehead atoms. The summed E-state index contributed by atoms with van der Waals surface area (Å²) in [6.45, 7) is 3.83. The lowest BCUT2D eigenvalue weighted by atomic mass is 10.0. The van der Waals surface area contributed by atoms with E-state index < -0.39 is 11.7 Å². The SMILES string of the molecule is CCNC(=O)n1nc(-c2ccc(-c3ccc(F)cc3)cc2)n(CC2CCN(C(=O)C3CC3)C2)c1=O. The molecule has 1 saturated heterocycles. The number of aromatic nitrogens is 3. The molecule has 8 nitrogen and oxygen atoms in total. The van der Waals surface area contributed by atoms with Crippen LogP contribution in [-0.4, -0.2) is 50.8 Å². The molecule has 1 saturated carbocycles. The van der Waals surface area contributed by atoms with Gasteiger partial charge in [-0.2, -0.15) is 0 Å². The van der Waals surface area contributed by atoms with Gasteiger partial charge in [0.1, 0.15) is 5.82 Å². The molecule has 35 heavy (non-hydrogen) atoms. The minimum atomic E-state index is -0.572. The van der Waals surface area contributed by atoms with E-state index in [-0.39, 0.29) is 23.6 Å².